The van der Waals surface area contributed by atoms with E-state index in [1.165, 1.54) is 25.1 Å². The van der Waals surface area contributed by atoms with Crippen LogP contribution in [-0.4, -0.2) is 56.5 Å². The van der Waals surface area contributed by atoms with E-state index in [9.17, 15) is 21.6 Å². The highest BCUT2D eigenvalue weighted by Gasteiger charge is 2.40. The number of ether oxygens (including phenoxy) is 2. The SMILES string of the molecule is CC(CS(=O)(=O)CCc1ccncc1)C(=O)N([C@H](N)[C@@H](C)Cc1ccccc1)S(=O)(=O)c1ccc2c(c1)OCO2. The van der Waals surface area contributed by atoms with Crippen molar-refractivity contribution in [1.29, 1.82) is 0 Å². The van der Waals surface area contributed by atoms with Gasteiger partial charge in [0, 0.05) is 18.5 Å². The van der Waals surface area contributed by atoms with E-state index in [1.807, 2.05) is 30.3 Å². The number of rotatable bonds is 12. The molecule has 1 amide bonds. The van der Waals surface area contributed by atoms with Crippen LogP contribution in [0.15, 0.2) is 78.0 Å². The molecule has 0 saturated heterocycles. The maximum Gasteiger partial charge on any atom is 0.268 e. The Balaban J connectivity index is 1.60. The van der Waals surface area contributed by atoms with Crippen LogP contribution in [0.2, 0.25) is 0 Å². The van der Waals surface area contributed by atoms with Crippen molar-refractivity contribution in [3.05, 3.63) is 84.2 Å². The number of aryl methyl sites for hydroxylation is 1. The van der Waals surface area contributed by atoms with E-state index >= 15 is 0 Å². The Labute approximate surface area is 235 Å². The van der Waals surface area contributed by atoms with Crippen molar-refractivity contribution in [2.45, 2.75) is 37.8 Å². The molecule has 1 aliphatic heterocycles. The predicted octanol–water partition coefficient (Wildman–Crippen LogP) is 2.78. The summed E-state index contributed by atoms with van der Waals surface area (Å²) in [6, 6.07) is 16.8. The molecule has 0 fully saturated rings. The normalized spacial score (nSPS) is 15.3. The first-order valence-electron chi connectivity index (χ1n) is 12.8. The van der Waals surface area contributed by atoms with Crippen molar-refractivity contribution in [2.75, 3.05) is 18.3 Å². The number of amides is 1. The van der Waals surface area contributed by atoms with Crippen LogP contribution in [-0.2, 0) is 37.5 Å². The summed E-state index contributed by atoms with van der Waals surface area (Å²) in [5.41, 5.74) is 8.21. The second-order valence-electron chi connectivity index (χ2n) is 9.93. The molecule has 0 saturated carbocycles. The van der Waals surface area contributed by atoms with Crippen molar-refractivity contribution >= 4 is 25.8 Å². The van der Waals surface area contributed by atoms with Gasteiger partial charge in [-0.2, -0.15) is 0 Å². The summed E-state index contributed by atoms with van der Waals surface area (Å²) in [7, 11) is -8.20. The second kappa shape index (κ2) is 12.4. The fraction of sp³-hybridized carbons (Fsp3) is 0.357. The van der Waals surface area contributed by atoms with Gasteiger partial charge in [-0.3, -0.25) is 9.78 Å². The number of aromatic nitrogens is 1. The number of fused-ring (bicyclic) bond motifs is 1. The molecular formula is C28H33N3O7S2. The topological polar surface area (TPSA) is 146 Å². The number of hydrogen-bond acceptors (Lipinski definition) is 9. The van der Waals surface area contributed by atoms with Gasteiger partial charge in [-0.25, -0.2) is 21.1 Å². The van der Waals surface area contributed by atoms with Crippen molar-refractivity contribution in [2.24, 2.45) is 17.6 Å². The Morgan fingerprint density at radius 2 is 1.62 bits per heavy atom. The molecule has 1 aromatic heterocycles. The minimum Gasteiger partial charge on any atom is -0.454 e. The number of nitrogens with zero attached hydrogens (tertiary/aromatic N) is 2. The molecule has 1 aliphatic rings. The Kier molecular flexibility index (Phi) is 9.12. The predicted molar refractivity (Wildman–Crippen MR) is 150 cm³/mol. The maximum atomic E-state index is 13.9. The van der Waals surface area contributed by atoms with Crippen molar-refractivity contribution in [3.8, 4) is 11.5 Å². The third kappa shape index (κ3) is 6.98. The van der Waals surface area contributed by atoms with Crippen LogP contribution in [0.4, 0.5) is 0 Å². The monoisotopic (exact) mass is 587 g/mol. The molecule has 40 heavy (non-hydrogen) atoms. The van der Waals surface area contributed by atoms with Gasteiger partial charge in [-0.05, 0) is 54.2 Å². The number of hydrogen-bond donors (Lipinski definition) is 1. The zero-order chi connectivity index (χ0) is 28.9. The number of carbonyl (C=O) groups is 1. The average Bonchev–Trinajstić information content (AvgIpc) is 3.41. The van der Waals surface area contributed by atoms with Gasteiger partial charge in [-0.15, -0.1) is 0 Å². The lowest BCUT2D eigenvalue weighted by atomic mass is 9.98. The Morgan fingerprint density at radius 3 is 2.33 bits per heavy atom. The van der Waals surface area contributed by atoms with Gasteiger partial charge in [0.1, 0.15) is 0 Å². The highest BCUT2D eigenvalue weighted by atomic mass is 32.2. The van der Waals surface area contributed by atoms with Crippen LogP contribution in [0.5, 0.6) is 11.5 Å². The van der Waals surface area contributed by atoms with Crippen molar-refractivity contribution in [3.63, 3.8) is 0 Å². The quantitative estimate of drug-likeness (QED) is 0.316. The van der Waals surface area contributed by atoms with Gasteiger partial charge in [0.05, 0.1) is 28.5 Å². The Bertz CT molecular complexity index is 1530. The number of nitrogens with two attached hydrogens (primary N) is 1. The Hall–Kier alpha value is -3.48. The molecule has 12 heteroatoms. The first-order chi connectivity index (χ1) is 19.0. The lowest BCUT2D eigenvalue weighted by Crippen LogP contribution is -2.55. The molecule has 2 N–H and O–H groups in total. The minimum atomic E-state index is -4.49. The highest BCUT2D eigenvalue weighted by Crippen LogP contribution is 2.35. The molecule has 0 spiro atoms. The lowest BCUT2D eigenvalue weighted by molar-refractivity contribution is -0.131. The van der Waals surface area contributed by atoms with Crippen molar-refractivity contribution < 1.29 is 31.1 Å². The largest absolute Gasteiger partial charge is 0.454 e. The molecule has 3 atom stereocenters. The van der Waals surface area contributed by atoms with E-state index in [0.29, 0.717) is 16.5 Å². The van der Waals surface area contributed by atoms with Crippen LogP contribution in [0.25, 0.3) is 0 Å². The molecular weight excluding hydrogens is 554 g/mol. The summed E-state index contributed by atoms with van der Waals surface area (Å²) in [4.78, 5) is 17.5. The summed E-state index contributed by atoms with van der Waals surface area (Å²) in [5.74, 6) is -2.65. The highest BCUT2D eigenvalue weighted by molar-refractivity contribution is 7.91. The van der Waals surface area contributed by atoms with E-state index in [0.717, 1.165) is 11.1 Å². The molecule has 3 aromatic rings. The summed E-state index contributed by atoms with van der Waals surface area (Å²) in [6.07, 6.45) is 2.54. The van der Waals surface area contributed by atoms with Crippen LogP contribution in [0, 0.1) is 11.8 Å². The fourth-order valence-electron chi connectivity index (χ4n) is 4.49. The van der Waals surface area contributed by atoms with E-state index in [-0.39, 0.29) is 29.6 Å². The van der Waals surface area contributed by atoms with E-state index in [1.54, 1.807) is 31.5 Å². The third-order valence-corrected chi connectivity index (χ3v) is 10.4. The van der Waals surface area contributed by atoms with Crippen LogP contribution in [0.3, 0.4) is 0 Å². The third-order valence-electron chi connectivity index (χ3n) is 6.75. The van der Waals surface area contributed by atoms with Gasteiger partial charge >= 0.3 is 0 Å². The van der Waals surface area contributed by atoms with Gasteiger partial charge in [0.2, 0.25) is 12.7 Å². The molecule has 0 bridgehead atoms. The zero-order valence-electron chi connectivity index (χ0n) is 22.3. The summed E-state index contributed by atoms with van der Waals surface area (Å²) in [6.45, 7) is 3.11. The van der Waals surface area contributed by atoms with Gasteiger partial charge < -0.3 is 15.2 Å². The molecule has 0 radical (unpaired) electrons. The van der Waals surface area contributed by atoms with Gasteiger partial charge in [-0.1, -0.05) is 44.2 Å². The summed E-state index contributed by atoms with van der Waals surface area (Å²) < 4.78 is 65.0. The molecule has 1 unspecified atom stereocenters. The van der Waals surface area contributed by atoms with Crippen molar-refractivity contribution in [1.82, 2.24) is 9.29 Å². The van der Waals surface area contributed by atoms with Crippen LogP contribution < -0.4 is 15.2 Å². The number of benzene rings is 2. The molecule has 2 heterocycles. The molecule has 10 nitrogen and oxygen atoms in total. The van der Waals surface area contributed by atoms with Crippen LogP contribution >= 0.6 is 0 Å². The number of sulfonamides is 1. The second-order valence-corrected chi connectivity index (χ2v) is 14.0. The minimum absolute atomic E-state index is 0.0521. The van der Waals surface area contributed by atoms with Gasteiger partial charge in [0.15, 0.2) is 21.3 Å². The summed E-state index contributed by atoms with van der Waals surface area (Å²) >= 11 is 0. The molecule has 4 rings (SSSR count). The zero-order valence-corrected chi connectivity index (χ0v) is 24.0. The number of sulfone groups is 1. The summed E-state index contributed by atoms with van der Waals surface area (Å²) in [5, 5.41) is 0. The number of pyridine rings is 1. The number of carbonyl (C=O) groups excluding carboxylic acids is 1. The van der Waals surface area contributed by atoms with Crippen LogP contribution in [0.1, 0.15) is 25.0 Å². The smallest absolute Gasteiger partial charge is 0.268 e. The lowest BCUT2D eigenvalue weighted by Gasteiger charge is -2.34. The Morgan fingerprint density at radius 1 is 0.950 bits per heavy atom. The molecule has 2 aromatic carbocycles. The van der Waals surface area contributed by atoms with E-state index < -0.39 is 49.5 Å². The fourth-order valence-corrected chi connectivity index (χ4v) is 7.78. The van der Waals surface area contributed by atoms with E-state index in [4.69, 9.17) is 15.2 Å². The first kappa shape index (κ1) is 29.5. The van der Waals surface area contributed by atoms with E-state index in [2.05, 4.69) is 4.98 Å². The maximum absolute atomic E-state index is 13.9. The molecule has 0 aliphatic carbocycles. The van der Waals surface area contributed by atoms with Gasteiger partial charge in [0.25, 0.3) is 10.0 Å². The average molecular weight is 588 g/mol. The molecule has 214 valence electrons. The standard InChI is InChI=1S/C28H33N3O7S2/c1-20(16-23-6-4-3-5-7-23)27(29)31(40(35,36)24-8-9-25-26(17-24)38-19-37-25)28(32)21(2)18-39(33,34)15-12-22-10-13-30-14-11-22/h3-11,13-14,17,20-21,27H,12,15-16,18-19,29H2,1-2H3/t20-,21?,27-/m0/s1. The first-order valence-corrected chi connectivity index (χ1v) is 16.1.